The topological polar surface area (TPSA) is 77.8 Å². The van der Waals surface area contributed by atoms with Crippen LogP contribution in [-0.4, -0.2) is 37.3 Å². The van der Waals surface area contributed by atoms with Gasteiger partial charge in [0, 0.05) is 6.08 Å². The highest BCUT2D eigenvalue weighted by Gasteiger charge is 2.40. The van der Waals surface area contributed by atoms with Gasteiger partial charge in [0.15, 0.2) is 16.6 Å². The van der Waals surface area contributed by atoms with Crippen molar-refractivity contribution in [3.05, 3.63) is 41.0 Å². The van der Waals surface area contributed by atoms with E-state index in [4.69, 9.17) is 5.11 Å². The van der Waals surface area contributed by atoms with Crippen molar-refractivity contribution in [1.29, 1.82) is 0 Å². The molecular weight excluding hydrogens is 372 g/mol. The van der Waals surface area contributed by atoms with E-state index in [1.807, 2.05) is 44.4 Å². The van der Waals surface area contributed by atoms with Gasteiger partial charge in [0.25, 0.3) is 0 Å². The highest BCUT2D eigenvalue weighted by Crippen LogP contribution is 2.43. The minimum absolute atomic E-state index is 0.198. The fourth-order valence-electron chi connectivity index (χ4n) is 2.64. The van der Waals surface area contributed by atoms with Crippen LogP contribution in [0.1, 0.15) is 44.4 Å². The molecule has 27 heavy (non-hydrogen) atoms. The molecule has 0 amide bonds. The summed E-state index contributed by atoms with van der Waals surface area (Å²) in [6.07, 6.45) is 4.21. The Morgan fingerprint density at radius 2 is 1.37 bits per heavy atom. The lowest BCUT2D eigenvalue weighted by molar-refractivity contribution is -0.131. The summed E-state index contributed by atoms with van der Waals surface area (Å²) in [5, 5.41) is 8.47. The normalized spacial score (nSPS) is 14.0. The van der Waals surface area contributed by atoms with Gasteiger partial charge in [-0.15, -0.1) is 0 Å². The SMILES string of the molecule is CC(C)(Cc1ccc(/C=C/C(=O)O)cc1CC(C)(C)[Si](C)(C)O)[Si](C)(C)O. The van der Waals surface area contributed by atoms with E-state index in [2.05, 4.69) is 27.7 Å². The van der Waals surface area contributed by atoms with E-state index in [0.29, 0.717) is 0 Å². The van der Waals surface area contributed by atoms with E-state index in [9.17, 15) is 14.4 Å². The number of carboxylic acids is 1. The van der Waals surface area contributed by atoms with Crippen LogP contribution in [0.3, 0.4) is 0 Å². The van der Waals surface area contributed by atoms with Crippen LogP contribution < -0.4 is 0 Å². The fraction of sp³-hybridized carbons (Fsp3) is 0.571. The van der Waals surface area contributed by atoms with Gasteiger partial charge in [0.2, 0.25) is 0 Å². The van der Waals surface area contributed by atoms with Crippen LogP contribution in [0.2, 0.25) is 36.3 Å². The Morgan fingerprint density at radius 3 is 1.78 bits per heavy atom. The number of benzene rings is 1. The Balaban J connectivity index is 3.39. The minimum atomic E-state index is -2.39. The lowest BCUT2D eigenvalue weighted by atomic mass is 9.90. The first-order valence-corrected chi connectivity index (χ1v) is 15.3. The van der Waals surface area contributed by atoms with Crippen LogP contribution in [0.25, 0.3) is 6.08 Å². The summed E-state index contributed by atoms with van der Waals surface area (Å²) in [5.41, 5.74) is 3.12. The third-order valence-corrected chi connectivity index (χ3v) is 13.2. The molecule has 0 aliphatic heterocycles. The first-order chi connectivity index (χ1) is 12.0. The minimum Gasteiger partial charge on any atom is -0.478 e. The number of rotatable bonds is 8. The first kappa shape index (κ1) is 23.8. The largest absolute Gasteiger partial charge is 0.478 e. The number of hydrogen-bond donors (Lipinski definition) is 3. The summed E-state index contributed by atoms with van der Waals surface area (Å²) in [7, 11) is -4.75. The molecule has 0 saturated carbocycles. The van der Waals surface area contributed by atoms with Gasteiger partial charge in [-0.25, -0.2) is 4.79 Å². The highest BCUT2D eigenvalue weighted by atomic mass is 28.4. The van der Waals surface area contributed by atoms with Crippen LogP contribution in [-0.2, 0) is 17.6 Å². The summed E-state index contributed by atoms with van der Waals surface area (Å²) < 4.78 is 0. The predicted molar refractivity (Wildman–Crippen MR) is 118 cm³/mol. The van der Waals surface area contributed by atoms with Crippen molar-refractivity contribution in [2.45, 2.75) is 76.8 Å². The van der Waals surface area contributed by atoms with Crippen molar-refractivity contribution < 1.29 is 19.5 Å². The van der Waals surface area contributed by atoms with Crippen molar-refractivity contribution in [2.24, 2.45) is 0 Å². The molecule has 0 fully saturated rings. The van der Waals surface area contributed by atoms with Crippen molar-refractivity contribution in [2.75, 3.05) is 0 Å². The summed E-state index contributed by atoms with van der Waals surface area (Å²) in [5.74, 6) is -0.973. The van der Waals surface area contributed by atoms with Crippen molar-refractivity contribution >= 4 is 28.7 Å². The zero-order valence-corrected chi connectivity index (χ0v) is 20.1. The van der Waals surface area contributed by atoms with E-state index in [0.717, 1.165) is 35.6 Å². The van der Waals surface area contributed by atoms with Crippen molar-refractivity contribution in [1.82, 2.24) is 0 Å². The third kappa shape index (κ3) is 6.41. The standard InChI is InChI=1S/C21H36O4Si2/c1-20(2,26(5,6)24)14-17-11-9-16(10-12-19(22)23)13-18(17)15-21(3,4)27(7,8)25/h9-13,24-25H,14-15H2,1-8H3,(H,22,23)/b12-10+. The second-order valence-corrected chi connectivity index (χ2v) is 18.9. The molecule has 0 radical (unpaired) electrons. The molecule has 0 bridgehead atoms. The van der Waals surface area contributed by atoms with E-state index >= 15 is 0 Å². The monoisotopic (exact) mass is 408 g/mol. The van der Waals surface area contributed by atoms with E-state index in [-0.39, 0.29) is 10.1 Å². The second-order valence-electron chi connectivity index (χ2n) is 9.94. The molecule has 1 rings (SSSR count). The Labute approximate surface area is 166 Å². The van der Waals surface area contributed by atoms with Crippen LogP contribution in [0.15, 0.2) is 24.3 Å². The molecule has 0 aromatic heterocycles. The molecule has 4 nitrogen and oxygen atoms in total. The van der Waals surface area contributed by atoms with Gasteiger partial charge < -0.3 is 14.7 Å². The molecule has 0 aliphatic rings. The van der Waals surface area contributed by atoms with Gasteiger partial charge in [-0.05, 0) is 71.9 Å². The predicted octanol–water partition coefficient (Wildman–Crippen LogP) is 4.82. The third-order valence-electron chi connectivity index (χ3n) is 6.23. The molecule has 1 aromatic carbocycles. The Kier molecular flexibility index (Phi) is 7.08. The molecule has 0 unspecified atom stereocenters. The molecule has 6 heteroatoms. The summed E-state index contributed by atoms with van der Waals surface area (Å²) in [4.78, 5) is 32.3. The molecule has 0 saturated heterocycles. The van der Waals surface area contributed by atoms with Crippen LogP contribution in [0.4, 0.5) is 0 Å². The van der Waals surface area contributed by atoms with E-state index in [1.54, 1.807) is 6.08 Å². The maximum Gasteiger partial charge on any atom is 0.328 e. The summed E-state index contributed by atoms with van der Waals surface area (Å²) in [6, 6.07) is 5.99. The quantitative estimate of drug-likeness (QED) is 0.425. The van der Waals surface area contributed by atoms with E-state index in [1.165, 1.54) is 0 Å². The lowest BCUT2D eigenvalue weighted by Gasteiger charge is -2.38. The fourth-order valence-corrected chi connectivity index (χ4v) is 3.89. The van der Waals surface area contributed by atoms with Gasteiger partial charge in [-0.1, -0.05) is 45.9 Å². The Morgan fingerprint density at radius 1 is 0.926 bits per heavy atom. The average molecular weight is 409 g/mol. The number of hydrogen-bond acceptors (Lipinski definition) is 3. The molecule has 1 aromatic rings. The molecular formula is C21H36O4Si2. The smallest absolute Gasteiger partial charge is 0.328 e. The molecule has 0 atom stereocenters. The molecule has 0 aliphatic carbocycles. The lowest BCUT2D eigenvalue weighted by Crippen LogP contribution is -2.41. The van der Waals surface area contributed by atoms with Crippen LogP contribution in [0.5, 0.6) is 0 Å². The zero-order chi connectivity index (χ0) is 21.3. The average Bonchev–Trinajstić information content (AvgIpc) is 2.44. The van der Waals surface area contributed by atoms with Crippen LogP contribution >= 0.6 is 0 Å². The number of aliphatic carboxylic acids is 1. The number of carbonyl (C=O) groups is 1. The van der Waals surface area contributed by atoms with Gasteiger partial charge in [-0.3, -0.25) is 0 Å². The first-order valence-electron chi connectivity index (χ1n) is 9.44. The summed E-state index contributed by atoms with van der Waals surface area (Å²) >= 11 is 0. The van der Waals surface area contributed by atoms with E-state index < -0.39 is 22.6 Å². The van der Waals surface area contributed by atoms with Crippen molar-refractivity contribution in [3.63, 3.8) is 0 Å². The van der Waals surface area contributed by atoms with Gasteiger partial charge in [0.1, 0.15) is 0 Å². The maximum atomic E-state index is 10.8. The highest BCUT2D eigenvalue weighted by molar-refractivity contribution is 6.73. The Hall–Kier alpha value is -1.22. The Bertz CT molecular complexity index is 708. The maximum absolute atomic E-state index is 10.8. The van der Waals surface area contributed by atoms with Gasteiger partial charge >= 0.3 is 5.97 Å². The van der Waals surface area contributed by atoms with Gasteiger partial charge in [-0.2, -0.15) is 0 Å². The van der Waals surface area contributed by atoms with Gasteiger partial charge in [0.05, 0.1) is 0 Å². The second kappa shape index (κ2) is 8.03. The van der Waals surface area contributed by atoms with Crippen molar-refractivity contribution in [3.8, 4) is 0 Å². The summed E-state index contributed by atoms with van der Waals surface area (Å²) in [6.45, 7) is 16.2. The molecule has 3 N–H and O–H groups in total. The molecule has 0 heterocycles. The zero-order valence-electron chi connectivity index (χ0n) is 18.1. The molecule has 0 spiro atoms. The molecule has 152 valence electrons. The van der Waals surface area contributed by atoms with Crippen LogP contribution in [0, 0.1) is 0 Å². The number of carboxylic acid groups (broad SMARTS) is 1.